The number of unbranched alkanes of at least 4 members (excludes halogenated alkanes) is 1. The van der Waals surface area contributed by atoms with E-state index in [9.17, 15) is 8.42 Å². The first-order chi connectivity index (χ1) is 4.12. The highest BCUT2D eigenvalue weighted by Gasteiger charge is 2.04. The fraction of sp³-hybridized carbons (Fsp3) is 1.00. The normalized spacial score (nSPS) is 11.8. The Labute approximate surface area is 57.2 Å². The first-order valence-electron chi connectivity index (χ1n) is 3.32. The van der Waals surface area contributed by atoms with Gasteiger partial charge in [-0.1, -0.05) is 20.3 Å². The second kappa shape index (κ2) is 3.88. The van der Waals surface area contributed by atoms with E-state index in [1.54, 1.807) is 6.92 Å². The Hall–Kier alpha value is -0.0500. The first-order valence-corrected chi connectivity index (χ1v) is 5.15. The number of rotatable bonds is 4. The van der Waals surface area contributed by atoms with Crippen molar-refractivity contribution in [1.82, 2.24) is 0 Å². The Balaban J connectivity index is 3.61. The molecule has 0 heterocycles. The van der Waals surface area contributed by atoms with Gasteiger partial charge in [0, 0.05) is 5.75 Å². The zero-order chi connectivity index (χ0) is 7.33. The molecule has 0 aliphatic carbocycles. The second-order valence-corrected chi connectivity index (χ2v) is 4.56. The molecule has 0 aromatic carbocycles. The predicted molar refractivity (Wildman–Crippen MR) is 39.2 cm³/mol. The maximum atomic E-state index is 10.8. The molecule has 0 aromatic rings. The molecule has 0 rings (SSSR count). The Morgan fingerprint density at radius 3 is 2.11 bits per heavy atom. The minimum atomic E-state index is -2.68. The van der Waals surface area contributed by atoms with Crippen molar-refractivity contribution in [2.24, 2.45) is 0 Å². The lowest BCUT2D eigenvalue weighted by Crippen LogP contribution is -2.07. The molecule has 56 valence electrons. The smallest absolute Gasteiger partial charge is 0.150 e. The summed E-state index contributed by atoms with van der Waals surface area (Å²) < 4.78 is 21.5. The second-order valence-electron chi connectivity index (χ2n) is 2.09. The highest BCUT2D eigenvalue weighted by atomic mass is 32.2. The zero-order valence-corrected chi connectivity index (χ0v) is 6.87. The fourth-order valence-electron chi connectivity index (χ4n) is 0.509. The molecule has 0 bridgehead atoms. The summed E-state index contributed by atoms with van der Waals surface area (Å²) >= 11 is 0. The summed E-state index contributed by atoms with van der Waals surface area (Å²) in [5.74, 6) is 0.646. The van der Waals surface area contributed by atoms with Crippen LogP contribution in [0.1, 0.15) is 26.7 Å². The molecule has 0 aliphatic rings. The Kier molecular flexibility index (Phi) is 3.86. The third-order valence-electron chi connectivity index (χ3n) is 1.25. The van der Waals surface area contributed by atoms with Crippen molar-refractivity contribution in [1.29, 1.82) is 0 Å². The molecule has 0 unspecified atom stereocenters. The standard InChI is InChI=1S/C6H14O2S/c1-3-5-6-9(7,8)4-2/h3-6H2,1-2H3. The third-order valence-corrected chi connectivity index (χ3v) is 3.04. The van der Waals surface area contributed by atoms with Gasteiger partial charge in [-0.3, -0.25) is 0 Å². The van der Waals surface area contributed by atoms with Gasteiger partial charge in [-0.2, -0.15) is 0 Å². The molecule has 3 heteroatoms. The summed E-state index contributed by atoms with van der Waals surface area (Å²) in [6.07, 6.45) is 1.76. The summed E-state index contributed by atoms with van der Waals surface area (Å²) in [4.78, 5) is 0. The average molecular weight is 150 g/mol. The van der Waals surface area contributed by atoms with Gasteiger partial charge in [0.05, 0.1) is 5.75 Å². The molecule has 0 amide bonds. The molecule has 0 saturated carbocycles. The molecule has 0 aromatic heterocycles. The maximum absolute atomic E-state index is 10.8. The number of hydrogen-bond donors (Lipinski definition) is 0. The molecule has 0 aliphatic heterocycles. The lowest BCUT2D eigenvalue weighted by Gasteiger charge is -1.96. The summed E-state index contributed by atoms with van der Waals surface area (Å²) in [6, 6.07) is 0. The van der Waals surface area contributed by atoms with Crippen LogP contribution in [-0.4, -0.2) is 19.9 Å². The SMILES string of the molecule is CCCCS(=O)(=O)CC. The molecule has 0 radical (unpaired) electrons. The van der Waals surface area contributed by atoms with Crippen molar-refractivity contribution >= 4 is 9.84 Å². The van der Waals surface area contributed by atoms with E-state index in [0.29, 0.717) is 5.75 Å². The van der Waals surface area contributed by atoms with Gasteiger partial charge in [-0.15, -0.1) is 0 Å². The fourth-order valence-corrected chi connectivity index (χ4v) is 1.53. The van der Waals surface area contributed by atoms with Crippen LogP contribution in [-0.2, 0) is 9.84 Å². The van der Waals surface area contributed by atoms with Crippen LogP contribution in [0.4, 0.5) is 0 Å². The molecule has 0 spiro atoms. The Morgan fingerprint density at radius 1 is 1.22 bits per heavy atom. The maximum Gasteiger partial charge on any atom is 0.150 e. The van der Waals surface area contributed by atoms with Crippen molar-refractivity contribution < 1.29 is 8.42 Å². The molecule has 0 saturated heterocycles. The van der Waals surface area contributed by atoms with Crippen LogP contribution in [0.15, 0.2) is 0 Å². The highest BCUT2D eigenvalue weighted by molar-refractivity contribution is 7.91. The van der Waals surface area contributed by atoms with E-state index in [1.165, 1.54) is 0 Å². The van der Waals surface area contributed by atoms with E-state index in [1.807, 2.05) is 6.92 Å². The summed E-state index contributed by atoms with van der Waals surface area (Å²) in [5.41, 5.74) is 0. The first kappa shape index (κ1) is 8.95. The average Bonchev–Trinajstić information content (AvgIpc) is 1.84. The Morgan fingerprint density at radius 2 is 1.78 bits per heavy atom. The van der Waals surface area contributed by atoms with Gasteiger partial charge < -0.3 is 0 Å². The van der Waals surface area contributed by atoms with E-state index < -0.39 is 9.84 Å². The largest absolute Gasteiger partial charge is 0.229 e. The zero-order valence-electron chi connectivity index (χ0n) is 6.05. The van der Waals surface area contributed by atoms with Crippen LogP contribution in [0.5, 0.6) is 0 Å². The van der Waals surface area contributed by atoms with Crippen LogP contribution in [0.25, 0.3) is 0 Å². The van der Waals surface area contributed by atoms with Crippen molar-refractivity contribution in [3.8, 4) is 0 Å². The molecule has 0 fully saturated rings. The van der Waals surface area contributed by atoms with Gasteiger partial charge >= 0.3 is 0 Å². The van der Waals surface area contributed by atoms with Gasteiger partial charge in [-0.25, -0.2) is 8.42 Å². The molecule has 9 heavy (non-hydrogen) atoms. The Bertz CT molecular complexity index is 146. The van der Waals surface area contributed by atoms with Gasteiger partial charge in [0.15, 0.2) is 0 Å². The predicted octanol–water partition coefficient (Wildman–Crippen LogP) is 1.22. The van der Waals surface area contributed by atoms with Crippen LogP contribution in [0, 0.1) is 0 Å². The lowest BCUT2D eigenvalue weighted by molar-refractivity contribution is 0.594. The highest BCUT2D eigenvalue weighted by Crippen LogP contribution is 1.95. The van der Waals surface area contributed by atoms with Crippen LogP contribution < -0.4 is 0 Å². The van der Waals surface area contributed by atoms with E-state index in [-0.39, 0.29) is 5.75 Å². The number of sulfone groups is 1. The van der Waals surface area contributed by atoms with Crippen molar-refractivity contribution in [2.75, 3.05) is 11.5 Å². The van der Waals surface area contributed by atoms with Crippen molar-refractivity contribution in [3.63, 3.8) is 0 Å². The van der Waals surface area contributed by atoms with Crippen LogP contribution in [0.3, 0.4) is 0 Å². The van der Waals surface area contributed by atoms with E-state index in [0.717, 1.165) is 12.8 Å². The third kappa shape index (κ3) is 4.45. The molecular weight excluding hydrogens is 136 g/mol. The minimum Gasteiger partial charge on any atom is -0.229 e. The molecular formula is C6H14O2S. The molecule has 0 N–H and O–H groups in total. The van der Waals surface area contributed by atoms with Gasteiger partial charge in [0.25, 0.3) is 0 Å². The monoisotopic (exact) mass is 150 g/mol. The van der Waals surface area contributed by atoms with Crippen LogP contribution in [0.2, 0.25) is 0 Å². The van der Waals surface area contributed by atoms with Gasteiger partial charge in [-0.05, 0) is 6.42 Å². The van der Waals surface area contributed by atoms with E-state index in [4.69, 9.17) is 0 Å². The quantitative estimate of drug-likeness (QED) is 0.604. The van der Waals surface area contributed by atoms with Crippen molar-refractivity contribution in [3.05, 3.63) is 0 Å². The van der Waals surface area contributed by atoms with Gasteiger partial charge in [0.1, 0.15) is 9.84 Å². The van der Waals surface area contributed by atoms with Crippen LogP contribution >= 0.6 is 0 Å². The lowest BCUT2D eigenvalue weighted by atomic mass is 10.4. The topological polar surface area (TPSA) is 34.1 Å². The minimum absolute atomic E-state index is 0.285. The summed E-state index contributed by atoms with van der Waals surface area (Å²) in [7, 11) is -2.68. The summed E-state index contributed by atoms with van der Waals surface area (Å²) in [6.45, 7) is 3.68. The van der Waals surface area contributed by atoms with Gasteiger partial charge in [0.2, 0.25) is 0 Å². The number of hydrogen-bond acceptors (Lipinski definition) is 2. The van der Waals surface area contributed by atoms with E-state index >= 15 is 0 Å². The molecule has 0 atom stereocenters. The molecule has 2 nitrogen and oxygen atoms in total. The van der Waals surface area contributed by atoms with E-state index in [2.05, 4.69) is 0 Å². The summed E-state index contributed by atoms with van der Waals surface area (Å²) in [5, 5.41) is 0. The van der Waals surface area contributed by atoms with Crippen molar-refractivity contribution in [2.45, 2.75) is 26.7 Å².